The molecule has 0 aliphatic carbocycles. The van der Waals surface area contributed by atoms with E-state index in [1.54, 1.807) is 0 Å². The Bertz CT molecular complexity index is 669. The molecule has 1 aromatic heterocycles. The van der Waals surface area contributed by atoms with Crippen molar-refractivity contribution in [3.05, 3.63) is 35.7 Å². The van der Waals surface area contributed by atoms with Gasteiger partial charge in [-0.2, -0.15) is 0 Å². The summed E-state index contributed by atoms with van der Waals surface area (Å²) in [6.45, 7) is 4.77. The lowest BCUT2D eigenvalue weighted by Crippen LogP contribution is -2.36. The molecule has 0 unspecified atom stereocenters. The summed E-state index contributed by atoms with van der Waals surface area (Å²) in [7, 11) is 0. The molecule has 0 bridgehead atoms. The molecule has 0 saturated heterocycles. The normalized spacial score (nSPS) is 14.2. The molecule has 0 radical (unpaired) electrons. The summed E-state index contributed by atoms with van der Waals surface area (Å²) in [4.78, 5) is 14.4. The molecule has 5 nitrogen and oxygen atoms in total. The number of amides is 1. The first-order valence-corrected chi connectivity index (χ1v) is 8.48. The molecular weight excluding hydrogens is 298 g/mol. The smallest absolute Gasteiger partial charge is 0.277 e. The summed E-state index contributed by atoms with van der Waals surface area (Å²) in [5.41, 5.74) is 2.28. The van der Waals surface area contributed by atoms with Crippen LogP contribution in [-0.4, -0.2) is 28.4 Å². The largest absolute Gasteiger partial charge is 0.416 e. The number of benzene rings is 1. The SMILES string of the molecule is CC(C)c1nnc(SCC(=O)N2CCCc3ccccc32)o1. The van der Waals surface area contributed by atoms with Crippen molar-refractivity contribution >= 4 is 23.4 Å². The van der Waals surface area contributed by atoms with Gasteiger partial charge >= 0.3 is 0 Å². The molecule has 1 aromatic carbocycles. The maximum atomic E-state index is 12.5. The molecule has 0 atom stereocenters. The van der Waals surface area contributed by atoms with Crippen LogP contribution in [0.15, 0.2) is 33.9 Å². The summed E-state index contributed by atoms with van der Waals surface area (Å²) < 4.78 is 5.52. The highest BCUT2D eigenvalue weighted by atomic mass is 32.2. The lowest BCUT2D eigenvalue weighted by molar-refractivity contribution is -0.116. The zero-order chi connectivity index (χ0) is 15.5. The van der Waals surface area contributed by atoms with Gasteiger partial charge in [-0.25, -0.2) is 0 Å². The van der Waals surface area contributed by atoms with Crippen LogP contribution in [0.4, 0.5) is 5.69 Å². The second-order valence-electron chi connectivity index (χ2n) is 5.63. The Morgan fingerprint density at radius 2 is 2.18 bits per heavy atom. The first kappa shape index (κ1) is 15.1. The third kappa shape index (κ3) is 3.16. The highest BCUT2D eigenvalue weighted by molar-refractivity contribution is 7.99. The molecule has 3 rings (SSSR count). The van der Waals surface area contributed by atoms with Gasteiger partial charge in [-0.05, 0) is 24.5 Å². The van der Waals surface area contributed by atoms with E-state index in [1.165, 1.54) is 17.3 Å². The molecule has 1 aliphatic heterocycles. The van der Waals surface area contributed by atoms with E-state index in [0.29, 0.717) is 16.9 Å². The Labute approximate surface area is 134 Å². The zero-order valence-electron chi connectivity index (χ0n) is 12.8. The Morgan fingerprint density at radius 1 is 1.36 bits per heavy atom. The fourth-order valence-corrected chi connectivity index (χ4v) is 3.15. The number of anilines is 1. The maximum Gasteiger partial charge on any atom is 0.277 e. The molecule has 2 aromatic rings. The van der Waals surface area contributed by atoms with Gasteiger partial charge in [-0.3, -0.25) is 4.79 Å². The minimum absolute atomic E-state index is 0.0847. The van der Waals surface area contributed by atoms with Crippen molar-refractivity contribution in [2.45, 2.75) is 37.8 Å². The van der Waals surface area contributed by atoms with E-state index in [0.717, 1.165) is 25.1 Å². The van der Waals surface area contributed by atoms with E-state index in [9.17, 15) is 4.79 Å². The number of carbonyl (C=O) groups is 1. The molecule has 6 heteroatoms. The van der Waals surface area contributed by atoms with Crippen molar-refractivity contribution in [3.8, 4) is 0 Å². The number of fused-ring (bicyclic) bond motifs is 1. The van der Waals surface area contributed by atoms with Crippen LogP contribution in [0.1, 0.15) is 37.6 Å². The summed E-state index contributed by atoms with van der Waals surface area (Å²) in [5.74, 6) is 1.21. The Kier molecular flexibility index (Phi) is 4.47. The number of hydrogen-bond donors (Lipinski definition) is 0. The van der Waals surface area contributed by atoms with Gasteiger partial charge in [0.25, 0.3) is 5.22 Å². The Morgan fingerprint density at radius 3 is 2.95 bits per heavy atom. The Balaban J connectivity index is 1.65. The van der Waals surface area contributed by atoms with E-state index in [4.69, 9.17) is 4.42 Å². The third-order valence-corrected chi connectivity index (χ3v) is 4.45. The second kappa shape index (κ2) is 6.52. The van der Waals surface area contributed by atoms with Crippen LogP contribution in [0.3, 0.4) is 0 Å². The summed E-state index contributed by atoms with van der Waals surface area (Å²) in [6, 6.07) is 8.10. The molecule has 0 fully saturated rings. The maximum absolute atomic E-state index is 12.5. The molecule has 1 amide bonds. The van der Waals surface area contributed by atoms with Gasteiger partial charge in [-0.1, -0.05) is 43.8 Å². The fraction of sp³-hybridized carbons (Fsp3) is 0.438. The van der Waals surface area contributed by atoms with E-state index >= 15 is 0 Å². The van der Waals surface area contributed by atoms with Crippen LogP contribution in [0.2, 0.25) is 0 Å². The number of hydrogen-bond acceptors (Lipinski definition) is 5. The average molecular weight is 317 g/mol. The number of nitrogens with zero attached hydrogens (tertiary/aromatic N) is 3. The van der Waals surface area contributed by atoms with Gasteiger partial charge in [0.1, 0.15) is 0 Å². The van der Waals surface area contributed by atoms with Crippen LogP contribution < -0.4 is 4.90 Å². The molecule has 116 valence electrons. The van der Waals surface area contributed by atoms with Gasteiger partial charge in [0.15, 0.2) is 0 Å². The fourth-order valence-electron chi connectivity index (χ4n) is 2.51. The van der Waals surface area contributed by atoms with Crippen LogP contribution in [0.25, 0.3) is 0 Å². The highest BCUT2D eigenvalue weighted by Crippen LogP contribution is 2.28. The van der Waals surface area contributed by atoms with Crippen LogP contribution in [0, 0.1) is 0 Å². The topological polar surface area (TPSA) is 59.2 Å². The van der Waals surface area contributed by atoms with E-state index in [2.05, 4.69) is 16.3 Å². The summed E-state index contributed by atoms with van der Waals surface area (Å²) >= 11 is 1.30. The number of rotatable bonds is 4. The van der Waals surface area contributed by atoms with E-state index in [1.807, 2.05) is 36.9 Å². The van der Waals surface area contributed by atoms with Gasteiger partial charge in [-0.15, -0.1) is 10.2 Å². The number of para-hydroxylation sites is 1. The van der Waals surface area contributed by atoms with E-state index in [-0.39, 0.29) is 11.8 Å². The number of carbonyl (C=O) groups excluding carboxylic acids is 1. The predicted molar refractivity (Wildman–Crippen MR) is 86.2 cm³/mol. The number of thioether (sulfide) groups is 1. The standard InChI is InChI=1S/C16H19N3O2S/c1-11(2)15-17-18-16(21-15)22-10-14(20)19-9-5-7-12-6-3-4-8-13(12)19/h3-4,6,8,11H,5,7,9-10H2,1-2H3. The van der Waals surface area contributed by atoms with Crippen LogP contribution >= 0.6 is 11.8 Å². The highest BCUT2D eigenvalue weighted by Gasteiger charge is 2.22. The molecule has 0 N–H and O–H groups in total. The van der Waals surface area contributed by atoms with Crippen molar-refractivity contribution < 1.29 is 9.21 Å². The molecule has 22 heavy (non-hydrogen) atoms. The molecule has 1 aliphatic rings. The zero-order valence-corrected chi connectivity index (χ0v) is 13.6. The van der Waals surface area contributed by atoms with E-state index < -0.39 is 0 Å². The number of aryl methyl sites for hydroxylation is 1. The average Bonchev–Trinajstić information content (AvgIpc) is 3.01. The first-order chi connectivity index (χ1) is 10.6. The van der Waals surface area contributed by atoms with Crippen molar-refractivity contribution in [2.75, 3.05) is 17.2 Å². The van der Waals surface area contributed by atoms with Crippen molar-refractivity contribution in [1.29, 1.82) is 0 Å². The minimum Gasteiger partial charge on any atom is -0.416 e. The van der Waals surface area contributed by atoms with Crippen LogP contribution in [0.5, 0.6) is 0 Å². The predicted octanol–water partition coefficient (Wildman–Crippen LogP) is 3.26. The van der Waals surface area contributed by atoms with Crippen LogP contribution in [-0.2, 0) is 11.2 Å². The molecule has 2 heterocycles. The van der Waals surface area contributed by atoms with Crippen molar-refractivity contribution in [2.24, 2.45) is 0 Å². The first-order valence-electron chi connectivity index (χ1n) is 7.49. The quantitative estimate of drug-likeness (QED) is 0.810. The molecule has 0 saturated carbocycles. The summed E-state index contributed by atoms with van der Waals surface area (Å²) in [6.07, 6.45) is 2.04. The summed E-state index contributed by atoms with van der Waals surface area (Å²) in [5, 5.41) is 8.41. The van der Waals surface area contributed by atoms with Gasteiger partial charge in [0.2, 0.25) is 11.8 Å². The lowest BCUT2D eigenvalue weighted by atomic mass is 10.0. The van der Waals surface area contributed by atoms with Gasteiger partial charge < -0.3 is 9.32 Å². The molecular formula is C16H19N3O2S. The van der Waals surface area contributed by atoms with Crippen molar-refractivity contribution in [3.63, 3.8) is 0 Å². The Hall–Kier alpha value is -1.82. The molecule has 0 spiro atoms. The number of aromatic nitrogens is 2. The minimum atomic E-state index is 0.0847. The lowest BCUT2D eigenvalue weighted by Gasteiger charge is -2.29. The van der Waals surface area contributed by atoms with Gasteiger partial charge in [0, 0.05) is 18.2 Å². The second-order valence-corrected chi connectivity index (χ2v) is 6.55. The monoisotopic (exact) mass is 317 g/mol. The third-order valence-electron chi connectivity index (χ3n) is 3.65. The van der Waals surface area contributed by atoms with Gasteiger partial charge in [0.05, 0.1) is 5.75 Å². The van der Waals surface area contributed by atoms with Crippen molar-refractivity contribution in [1.82, 2.24) is 10.2 Å².